The van der Waals surface area contributed by atoms with Gasteiger partial charge in [0.2, 0.25) is 5.76 Å². The molecule has 0 aliphatic rings. The van der Waals surface area contributed by atoms with E-state index in [2.05, 4.69) is 6.92 Å². The van der Waals surface area contributed by atoms with E-state index in [0.717, 1.165) is 19.3 Å². The standard InChI is InChI=1S/C18H28O5.Na/c1-2-3-4-5-6-7-8-9-10-11-14-22-18(21)16-13-12-15(23-16)17(19)20;/h12-13H,2-11,14H2,1H3,(H,19,20);/q;+1/p-1. The SMILES string of the molecule is CCCCCCCCCCCCOC(=O)c1ccc(C(=O)[O-])o1.[Na+]. The fourth-order valence-electron chi connectivity index (χ4n) is 2.38. The van der Waals surface area contributed by atoms with E-state index in [1.165, 1.54) is 57.1 Å². The van der Waals surface area contributed by atoms with E-state index in [1.807, 2.05) is 0 Å². The van der Waals surface area contributed by atoms with Crippen molar-refractivity contribution in [2.45, 2.75) is 71.1 Å². The third-order valence-electron chi connectivity index (χ3n) is 3.74. The molecule has 0 bridgehead atoms. The Balaban J connectivity index is 0.00000529. The number of hydrogen-bond acceptors (Lipinski definition) is 5. The smallest absolute Gasteiger partial charge is 0.542 e. The number of esters is 1. The van der Waals surface area contributed by atoms with E-state index in [0.29, 0.717) is 6.61 Å². The number of hydrogen-bond donors (Lipinski definition) is 0. The average molecular weight is 346 g/mol. The second kappa shape index (κ2) is 14.6. The first-order valence-corrected chi connectivity index (χ1v) is 8.63. The Morgan fingerprint density at radius 3 is 1.92 bits per heavy atom. The summed E-state index contributed by atoms with van der Waals surface area (Å²) in [5, 5.41) is 10.5. The van der Waals surface area contributed by atoms with E-state index in [4.69, 9.17) is 9.15 Å². The number of carboxylic acid groups (broad SMARTS) is 1. The van der Waals surface area contributed by atoms with Crippen LogP contribution in [0.15, 0.2) is 16.5 Å². The Kier molecular flexibility index (Phi) is 14.1. The van der Waals surface area contributed by atoms with Crippen molar-refractivity contribution in [1.82, 2.24) is 0 Å². The molecule has 1 heterocycles. The fraction of sp³-hybridized carbons (Fsp3) is 0.667. The second-order valence-corrected chi connectivity index (χ2v) is 5.77. The van der Waals surface area contributed by atoms with Crippen LogP contribution < -0.4 is 34.7 Å². The van der Waals surface area contributed by atoms with Crippen molar-refractivity contribution in [2.75, 3.05) is 6.61 Å². The molecule has 0 radical (unpaired) electrons. The monoisotopic (exact) mass is 346 g/mol. The summed E-state index contributed by atoms with van der Waals surface area (Å²) in [5.74, 6) is -2.54. The van der Waals surface area contributed by atoms with E-state index in [1.54, 1.807) is 0 Å². The molecular formula is C18H27NaO5. The quantitative estimate of drug-likeness (QED) is 0.299. The number of carboxylic acids is 1. The van der Waals surface area contributed by atoms with Gasteiger partial charge in [-0.05, 0) is 18.6 Å². The molecule has 1 aromatic heterocycles. The Morgan fingerprint density at radius 2 is 1.42 bits per heavy atom. The summed E-state index contributed by atoms with van der Waals surface area (Å²) >= 11 is 0. The molecule has 0 atom stereocenters. The van der Waals surface area contributed by atoms with E-state index >= 15 is 0 Å². The van der Waals surface area contributed by atoms with Crippen LogP contribution in [0.1, 0.15) is 92.2 Å². The fourth-order valence-corrected chi connectivity index (χ4v) is 2.38. The van der Waals surface area contributed by atoms with Crippen molar-refractivity contribution in [3.63, 3.8) is 0 Å². The first kappa shape index (κ1) is 23.2. The Hall–Kier alpha value is -0.780. The van der Waals surface area contributed by atoms with Gasteiger partial charge in [-0.1, -0.05) is 64.7 Å². The van der Waals surface area contributed by atoms with Crippen LogP contribution in [0.5, 0.6) is 0 Å². The van der Waals surface area contributed by atoms with Crippen LogP contribution in [0.25, 0.3) is 0 Å². The van der Waals surface area contributed by atoms with Gasteiger partial charge in [-0.3, -0.25) is 0 Å². The number of furan rings is 1. The Bertz CT molecular complexity index is 470. The van der Waals surface area contributed by atoms with Crippen LogP contribution in [0.4, 0.5) is 0 Å². The summed E-state index contributed by atoms with van der Waals surface area (Å²) in [5.41, 5.74) is 0. The van der Waals surface area contributed by atoms with Gasteiger partial charge >= 0.3 is 35.5 Å². The topological polar surface area (TPSA) is 79.6 Å². The molecule has 1 aromatic rings. The third-order valence-corrected chi connectivity index (χ3v) is 3.74. The largest absolute Gasteiger partial charge is 1.00 e. The first-order chi connectivity index (χ1) is 11.1. The van der Waals surface area contributed by atoms with Gasteiger partial charge in [0.05, 0.1) is 6.61 Å². The molecule has 0 amide bonds. The first-order valence-electron chi connectivity index (χ1n) is 8.63. The average Bonchev–Trinajstić information content (AvgIpc) is 3.02. The molecule has 130 valence electrons. The van der Waals surface area contributed by atoms with Gasteiger partial charge in [0.15, 0.2) is 5.76 Å². The van der Waals surface area contributed by atoms with Gasteiger partial charge in [-0.25, -0.2) is 4.79 Å². The van der Waals surface area contributed by atoms with E-state index < -0.39 is 11.9 Å². The van der Waals surface area contributed by atoms with E-state index in [-0.39, 0.29) is 41.1 Å². The van der Waals surface area contributed by atoms with Gasteiger partial charge < -0.3 is 19.1 Å². The molecule has 24 heavy (non-hydrogen) atoms. The van der Waals surface area contributed by atoms with Crippen LogP contribution in [0.3, 0.4) is 0 Å². The summed E-state index contributed by atoms with van der Waals surface area (Å²) in [6.45, 7) is 2.55. The molecule has 6 heteroatoms. The predicted octanol–water partition coefficient (Wildman–Crippen LogP) is 0.725. The van der Waals surface area contributed by atoms with Gasteiger partial charge in [-0.2, -0.15) is 0 Å². The molecule has 0 unspecified atom stereocenters. The zero-order valence-electron chi connectivity index (χ0n) is 15.0. The van der Waals surface area contributed by atoms with Crippen LogP contribution in [-0.2, 0) is 4.74 Å². The van der Waals surface area contributed by atoms with Crippen molar-refractivity contribution in [2.24, 2.45) is 0 Å². The Labute approximate surface area is 166 Å². The molecule has 0 spiro atoms. The minimum atomic E-state index is -1.45. The van der Waals surface area contributed by atoms with Gasteiger partial charge in [0, 0.05) is 0 Å². The van der Waals surface area contributed by atoms with Crippen LogP contribution in [-0.4, -0.2) is 18.5 Å². The third kappa shape index (κ3) is 10.2. The van der Waals surface area contributed by atoms with Crippen molar-refractivity contribution in [3.05, 3.63) is 23.7 Å². The molecule has 0 N–H and O–H groups in total. The molecule has 0 saturated heterocycles. The molecule has 0 saturated carbocycles. The zero-order chi connectivity index (χ0) is 16.9. The van der Waals surface area contributed by atoms with Crippen molar-refractivity contribution in [1.29, 1.82) is 0 Å². The molecule has 1 rings (SSSR count). The number of carbonyl (C=O) groups excluding carboxylic acids is 2. The van der Waals surface area contributed by atoms with Gasteiger partial charge in [0.25, 0.3) is 0 Å². The summed E-state index contributed by atoms with van der Waals surface area (Å²) in [6.07, 6.45) is 12.1. The van der Waals surface area contributed by atoms with Crippen molar-refractivity contribution in [3.8, 4) is 0 Å². The molecule has 5 nitrogen and oxygen atoms in total. The molecule has 0 aliphatic carbocycles. The maximum atomic E-state index is 11.6. The van der Waals surface area contributed by atoms with E-state index in [9.17, 15) is 14.7 Å². The van der Waals surface area contributed by atoms with Gasteiger partial charge in [-0.15, -0.1) is 0 Å². The zero-order valence-corrected chi connectivity index (χ0v) is 17.0. The summed E-state index contributed by atoms with van der Waals surface area (Å²) < 4.78 is 9.87. The number of carbonyl (C=O) groups is 2. The molecule has 0 fully saturated rings. The number of rotatable bonds is 13. The minimum Gasteiger partial charge on any atom is -0.542 e. The molecular weight excluding hydrogens is 319 g/mol. The normalized spacial score (nSPS) is 10.2. The second-order valence-electron chi connectivity index (χ2n) is 5.77. The predicted molar refractivity (Wildman–Crippen MR) is 85.2 cm³/mol. The maximum Gasteiger partial charge on any atom is 1.00 e. The van der Waals surface area contributed by atoms with Crippen molar-refractivity contribution < 1.29 is 53.4 Å². The summed E-state index contributed by atoms with van der Waals surface area (Å²) in [6, 6.07) is 2.47. The minimum absolute atomic E-state index is 0. The molecule has 0 aromatic carbocycles. The van der Waals surface area contributed by atoms with Crippen LogP contribution in [0.2, 0.25) is 0 Å². The van der Waals surface area contributed by atoms with Crippen LogP contribution in [0, 0.1) is 0 Å². The summed E-state index contributed by atoms with van der Waals surface area (Å²) in [7, 11) is 0. The molecule has 0 aliphatic heterocycles. The van der Waals surface area contributed by atoms with Crippen molar-refractivity contribution >= 4 is 11.9 Å². The maximum absolute atomic E-state index is 11.6. The summed E-state index contributed by atoms with van der Waals surface area (Å²) in [4.78, 5) is 22.2. The number of ether oxygens (including phenoxy) is 1. The van der Waals surface area contributed by atoms with Gasteiger partial charge in [0.1, 0.15) is 5.97 Å². The number of aromatic carboxylic acids is 1. The Morgan fingerprint density at radius 1 is 0.917 bits per heavy atom. The number of unbranched alkanes of at least 4 members (excludes halogenated alkanes) is 9. The van der Waals surface area contributed by atoms with Crippen LogP contribution >= 0.6 is 0 Å².